The van der Waals surface area contributed by atoms with Crippen molar-refractivity contribution < 1.29 is 0 Å². The van der Waals surface area contributed by atoms with Crippen LogP contribution in [0.2, 0.25) is 0 Å². The second-order valence-corrected chi connectivity index (χ2v) is 6.34. The van der Waals surface area contributed by atoms with E-state index >= 15 is 0 Å². The van der Waals surface area contributed by atoms with Crippen LogP contribution in [0.5, 0.6) is 0 Å². The van der Waals surface area contributed by atoms with Gasteiger partial charge in [-0.3, -0.25) is 0 Å². The third-order valence-electron chi connectivity index (χ3n) is 2.94. The van der Waals surface area contributed by atoms with Crippen LogP contribution in [-0.2, 0) is 12.8 Å². The van der Waals surface area contributed by atoms with E-state index in [-0.39, 0.29) is 12.4 Å². The van der Waals surface area contributed by atoms with Crippen LogP contribution in [0.15, 0.2) is 5.38 Å². The van der Waals surface area contributed by atoms with Crippen LogP contribution in [-0.4, -0.2) is 29.1 Å². The van der Waals surface area contributed by atoms with Crippen LogP contribution in [0, 0.1) is 0 Å². The van der Waals surface area contributed by atoms with Gasteiger partial charge in [-0.2, -0.15) is 11.8 Å². The molecule has 0 atom stereocenters. The Bertz CT molecular complexity index is 311. The van der Waals surface area contributed by atoms with Gasteiger partial charge in [0.2, 0.25) is 0 Å². The molecule has 2 heterocycles. The van der Waals surface area contributed by atoms with Gasteiger partial charge in [-0.05, 0) is 30.8 Å². The molecule has 0 unspecified atom stereocenters. The summed E-state index contributed by atoms with van der Waals surface area (Å²) in [6.45, 7) is 3.25. The third-order valence-corrected chi connectivity index (χ3v) is 5.03. The van der Waals surface area contributed by atoms with Gasteiger partial charge < -0.3 is 5.32 Å². The number of rotatable bonds is 5. The molecule has 2 rings (SSSR count). The van der Waals surface area contributed by atoms with E-state index in [1.807, 2.05) is 0 Å². The van der Waals surface area contributed by atoms with Gasteiger partial charge in [-0.25, -0.2) is 4.98 Å². The summed E-state index contributed by atoms with van der Waals surface area (Å²) in [5.41, 5.74) is 1.26. The normalized spacial score (nSPS) is 16.8. The van der Waals surface area contributed by atoms with Crippen molar-refractivity contribution in [2.45, 2.75) is 38.6 Å². The predicted octanol–water partition coefficient (Wildman–Crippen LogP) is 3.16. The second kappa shape index (κ2) is 8.35. The van der Waals surface area contributed by atoms with Crippen LogP contribution < -0.4 is 5.32 Å². The molecule has 1 aliphatic rings. The summed E-state index contributed by atoms with van der Waals surface area (Å²) in [6.07, 6.45) is 4.82. The van der Waals surface area contributed by atoms with Crippen molar-refractivity contribution in [3.8, 4) is 0 Å². The first-order valence-electron chi connectivity index (χ1n) is 6.13. The van der Waals surface area contributed by atoms with Gasteiger partial charge in [-0.15, -0.1) is 23.7 Å². The predicted molar refractivity (Wildman–Crippen MR) is 80.8 cm³/mol. The van der Waals surface area contributed by atoms with Crippen molar-refractivity contribution in [2.75, 3.05) is 18.1 Å². The fourth-order valence-corrected chi connectivity index (χ4v) is 3.82. The molecule has 0 bridgehead atoms. The van der Waals surface area contributed by atoms with E-state index in [9.17, 15) is 0 Å². The Balaban J connectivity index is 0.00000144. The second-order valence-electron chi connectivity index (χ2n) is 4.18. The minimum Gasteiger partial charge on any atom is -0.314 e. The average molecular weight is 293 g/mol. The molecule has 0 spiro atoms. The van der Waals surface area contributed by atoms with Crippen molar-refractivity contribution in [1.82, 2.24) is 10.3 Å². The van der Waals surface area contributed by atoms with Gasteiger partial charge in [0, 0.05) is 24.4 Å². The standard InChI is InChI=1S/C12H20N2S2.ClH/c1-2-12-14-11(9-16-12)3-6-13-10-4-7-15-8-5-10;/h9-10,13H,2-8H2,1H3;1H. The number of thiazole rings is 1. The summed E-state index contributed by atoms with van der Waals surface area (Å²) in [4.78, 5) is 4.59. The van der Waals surface area contributed by atoms with Crippen molar-refractivity contribution in [2.24, 2.45) is 0 Å². The Labute approximate surface area is 118 Å². The Morgan fingerprint density at radius 1 is 1.41 bits per heavy atom. The van der Waals surface area contributed by atoms with Crippen molar-refractivity contribution >= 4 is 35.5 Å². The molecule has 1 saturated heterocycles. The van der Waals surface area contributed by atoms with Crippen LogP contribution >= 0.6 is 35.5 Å². The maximum atomic E-state index is 4.59. The number of halogens is 1. The molecule has 1 aliphatic heterocycles. The fraction of sp³-hybridized carbons (Fsp3) is 0.750. The highest BCUT2D eigenvalue weighted by Gasteiger charge is 2.12. The van der Waals surface area contributed by atoms with E-state index in [1.54, 1.807) is 11.3 Å². The van der Waals surface area contributed by atoms with Crippen LogP contribution in [0.1, 0.15) is 30.5 Å². The zero-order valence-electron chi connectivity index (χ0n) is 10.3. The maximum Gasteiger partial charge on any atom is 0.0925 e. The molecule has 0 aromatic carbocycles. The first kappa shape index (κ1) is 15.3. The fourth-order valence-electron chi connectivity index (χ4n) is 1.93. The van der Waals surface area contributed by atoms with E-state index in [2.05, 4.69) is 34.4 Å². The largest absolute Gasteiger partial charge is 0.314 e. The van der Waals surface area contributed by atoms with E-state index < -0.39 is 0 Å². The molecule has 0 amide bonds. The molecular weight excluding hydrogens is 272 g/mol. The molecule has 1 fully saturated rings. The molecule has 0 saturated carbocycles. The first-order chi connectivity index (χ1) is 7.88. The Morgan fingerprint density at radius 3 is 2.82 bits per heavy atom. The molecule has 1 aromatic rings. The van der Waals surface area contributed by atoms with Crippen molar-refractivity contribution in [1.29, 1.82) is 0 Å². The third kappa shape index (κ3) is 5.16. The van der Waals surface area contributed by atoms with Gasteiger partial charge in [0.05, 0.1) is 10.7 Å². The van der Waals surface area contributed by atoms with Gasteiger partial charge in [0.15, 0.2) is 0 Å². The number of aryl methyl sites for hydroxylation is 1. The van der Waals surface area contributed by atoms with E-state index in [0.29, 0.717) is 0 Å². The molecule has 98 valence electrons. The monoisotopic (exact) mass is 292 g/mol. The highest BCUT2D eigenvalue weighted by molar-refractivity contribution is 7.99. The smallest absolute Gasteiger partial charge is 0.0925 e. The number of thioether (sulfide) groups is 1. The molecule has 1 aromatic heterocycles. The highest BCUT2D eigenvalue weighted by atomic mass is 35.5. The molecule has 1 N–H and O–H groups in total. The van der Waals surface area contributed by atoms with E-state index in [4.69, 9.17) is 0 Å². The number of aromatic nitrogens is 1. The summed E-state index contributed by atoms with van der Waals surface area (Å²) < 4.78 is 0. The molecule has 17 heavy (non-hydrogen) atoms. The average Bonchev–Trinajstić information content (AvgIpc) is 2.78. The van der Waals surface area contributed by atoms with Crippen molar-refractivity contribution in [3.63, 3.8) is 0 Å². The topological polar surface area (TPSA) is 24.9 Å². The van der Waals surface area contributed by atoms with Gasteiger partial charge >= 0.3 is 0 Å². The Kier molecular flexibility index (Phi) is 7.51. The summed E-state index contributed by atoms with van der Waals surface area (Å²) in [6, 6.07) is 0.755. The van der Waals surface area contributed by atoms with Gasteiger partial charge in [0.1, 0.15) is 0 Å². The lowest BCUT2D eigenvalue weighted by atomic mass is 10.1. The Hall–Kier alpha value is 0.230. The van der Waals surface area contributed by atoms with Gasteiger partial charge in [0.25, 0.3) is 0 Å². The molecular formula is C12H21ClN2S2. The minimum atomic E-state index is 0. The summed E-state index contributed by atoms with van der Waals surface area (Å²) in [5, 5.41) is 7.12. The lowest BCUT2D eigenvalue weighted by Crippen LogP contribution is -2.33. The van der Waals surface area contributed by atoms with Crippen LogP contribution in [0.25, 0.3) is 0 Å². The number of hydrogen-bond acceptors (Lipinski definition) is 4. The lowest BCUT2D eigenvalue weighted by molar-refractivity contribution is 0.485. The zero-order valence-corrected chi connectivity index (χ0v) is 12.7. The zero-order chi connectivity index (χ0) is 11.2. The molecule has 2 nitrogen and oxygen atoms in total. The number of nitrogens with zero attached hydrogens (tertiary/aromatic N) is 1. The lowest BCUT2D eigenvalue weighted by Gasteiger charge is -2.22. The van der Waals surface area contributed by atoms with E-state index in [1.165, 1.54) is 35.0 Å². The highest BCUT2D eigenvalue weighted by Crippen LogP contribution is 2.17. The SMILES string of the molecule is CCc1nc(CCNC2CCSCC2)cs1.Cl. The number of nitrogens with one attached hydrogen (secondary N) is 1. The number of hydrogen-bond donors (Lipinski definition) is 1. The first-order valence-corrected chi connectivity index (χ1v) is 8.16. The summed E-state index contributed by atoms with van der Waals surface area (Å²) >= 11 is 3.88. The van der Waals surface area contributed by atoms with Crippen LogP contribution in [0.4, 0.5) is 0 Å². The molecule has 0 aliphatic carbocycles. The molecule has 5 heteroatoms. The van der Waals surface area contributed by atoms with Gasteiger partial charge in [-0.1, -0.05) is 6.92 Å². The Morgan fingerprint density at radius 2 is 2.18 bits per heavy atom. The molecule has 0 radical (unpaired) electrons. The van der Waals surface area contributed by atoms with E-state index in [0.717, 1.165) is 25.4 Å². The summed E-state index contributed by atoms with van der Waals surface area (Å²) in [5.74, 6) is 2.66. The maximum absolute atomic E-state index is 4.59. The van der Waals surface area contributed by atoms with Crippen LogP contribution in [0.3, 0.4) is 0 Å². The summed E-state index contributed by atoms with van der Waals surface area (Å²) in [7, 11) is 0. The quantitative estimate of drug-likeness (QED) is 0.902. The van der Waals surface area contributed by atoms with Crippen molar-refractivity contribution in [3.05, 3.63) is 16.1 Å². The minimum absolute atomic E-state index is 0.